The molecule has 220 valence electrons. The van der Waals surface area contributed by atoms with Gasteiger partial charge in [0.2, 0.25) is 0 Å². The summed E-state index contributed by atoms with van der Waals surface area (Å²) >= 11 is 0. The summed E-state index contributed by atoms with van der Waals surface area (Å²) in [7, 11) is 0. The van der Waals surface area contributed by atoms with Crippen molar-refractivity contribution in [1.82, 2.24) is 0 Å². The smallest absolute Gasteiger partial charge is 0.331 e. The Balaban J connectivity index is 1.17. The number of benzene rings is 1. The Labute approximate surface area is 242 Å². The van der Waals surface area contributed by atoms with E-state index >= 15 is 0 Å². The molecular formula is C36H52O4. The molecule has 0 aliphatic heterocycles. The standard InChI is InChI=1S/C36H52O4/c1-4-5-6-7-8-9-10-26-14-16-30-29-15-13-27-24-28(19-21-36(27,3)31(29)20-22-35(26,30)2)40-34(39)18-12-25-11-17-32(37)33(38)23-25/h11-13,17-18,23,26,28-31,37-38H,4-10,14-16,19-22,24H2,1-3H3/b18-12+/t26-,28-,29-,30-,31-,35+,36-/m0/s1. The molecule has 0 saturated heterocycles. The minimum Gasteiger partial charge on any atom is -0.504 e. The lowest BCUT2D eigenvalue weighted by atomic mass is 9.47. The molecule has 0 bridgehead atoms. The van der Waals surface area contributed by atoms with E-state index in [1.165, 1.54) is 101 Å². The van der Waals surface area contributed by atoms with Gasteiger partial charge in [0.1, 0.15) is 6.10 Å². The molecule has 3 fully saturated rings. The lowest BCUT2D eigenvalue weighted by molar-refractivity contribution is -0.145. The van der Waals surface area contributed by atoms with Crippen molar-refractivity contribution >= 4 is 12.0 Å². The van der Waals surface area contributed by atoms with Crippen LogP contribution in [0, 0.1) is 34.5 Å². The molecule has 0 radical (unpaired) electrons. The average Bonchev–Trinajstić information content (AvgIpc) is 3.27. The molecule has 0 spiro atoms. The number of rotatable bonds is 10. The second-order valence-electron chi connectivity index (χ2n) is 14.0. The third-order valence-corrected chi connectivity index (χ3v) is 11.9. The first-order chi connectivity index (χ1) is 19.2. The van der Waals surface area contributed by atoms with Crippen LogP contribution in [-0.4, -0.2) is 22.3 Å². The molecule has 0 aromatic heterocycles. The van der Waals surface area contributed by atoms with E-state index in [1.807, 2.05) is 0 Å². The van der Waals surface area contributed by atoms with Crippen LogP contribution < -0.4 is 0 Å². The third-order valence-electron chi connectivity index (χ3n) is 11.9. The molecule has 5 rings (SSSR count). The number of carbonyl (C=O) groups is 1. The maximum Gasteiger partial charge on any atom is 0.331 e. The molecule has 4 aliphatic carbocycles. The maximum absolute atomic E-state index is 12.6. The summed E-state index contributed by atoms with van der Waals surface area (Å²) in [5, 5.41) is 19.2. The van der Waals surface area contributed by atoms with Crippen molar-refractivity contribution in [2.24, 2.45) is 34.5 Å². The number of ether oxygens (including phenoxy) is 1. The SMILES string of the molecule is CCCCCCCC[C@H]1CC[C@H]2[C@@H]3CC=C4C[C@@H](OC(=O)/C=C/c5ccc(O)c(O)c5)CC[C@]4(C)[C@H]3CC[C@]12C. The van der Waals surface area contributed by atoms with Crippen molar-refractivity contribution in [3.8, 4) is 11.5 Å². The van der Waals surface area contributed by atoms with E-state index < -0.39 is 0 Å². The van der Waals surface area contributed by atoms with Crippen molar-refractivity contribution in [1.29, 1.82) is 0 Å². The molecule has 4 aliphatic rings. The van der Waals surface area contributed by atoms with Gasteiger partial charge in [0.25, 0.3) is 0 Å². The Morgan fingerprint density at radius 1 is 0.975 bits per heavy atom. The zero-order chi connectivity index (χ0) is 28.3. The van der Waals surface area contributed by atoms with Crippen molar-refractivity contribution in [3.05, 3.63) is 41.5 Å². The van der Waals surface area contributed by atoms with E-state index in [0.717, 1.165) is 42.9 Å². The molecule has 40 heavy (non-hydrogen) atoms. The van der Waals surface area contributed by atoms with E-state index in [-0.39, 0.29) is 29.0 Å². The molecule has 1 aromatic rings. The normalized spacial score (nSPS) is 35.1. The van der Waals surface area contributed by atoms with E-state index in [0.29, 0.717) is 11.0 Å². The van der Waals surface area contributed by atoms with Crippen LogP contribution >= 0.6 is 0 Å². The molecule has 3 saturated carbocycles. The maximum atomic E-state index is 12.6. The predicted octanol–water partition coefficient (Wildman–Crippen LogP) is 9.35. The average molecular weight is 549 g/mol. The lowest BCUT2D eigenvalue weighted by Crippen LogP contribution is -2.50. The summed E-state index contributed by atoms with van der Waals surface area (Å²) in [5.41, 5.74) is 2.98. The van der Waals surface area contributed by atoms with Gasteiger partial charge in [-0.05, 0) is 110 Å². The number of phenolic OH excluding ortho intramolecular Hbond substituents is 2. The van der Waals surface area contributed by atoms with Crippen molar-refractivity contribution < 1.29 is 19.7 Å². The number of aromatic hydroxyl groups is 2. The van der Waals surface area contributed by atoms with Crippen LogP contribution in [0.2, 0.25) is 0 Å². The minimum atomic E-state index is -0.341. The zero-order valence-corrected chi connectivity index (χ0v) is 25.2. The van der Waals surface area contributed by atoms with Crippen molar-refractivity contribution in [2.75, 3.05) is 0 Å². The Bertz CT molecular complexity index is 1100. The van der Waals surface area contributed by atoms with E-state index in [2.05, 4.69) is 26.8 Å². The highest BCUT2D eigenvalue weighted by Gasteiger charge is 2.58. The van der Waals surface area contributed by atoms with Gasteiger partial charge in [-0.15, -0.1) is 0 Å². The summed E-state index contributed by atoms with van der Waals surface area (Å²) in [6, 6.07) is 4.51. The van der Waals surface area contributed by atoms with Crippen LogP contribution in [0.5, 0.6) is 11.5 Å². The molecule has 2 N–H and O–H groups in total. The first-order valence-electron chi connectivity index (χ1n) is 16.3. The summed E-state index contributed by atoms with van der Waals surface area (Å²) in [5.74, 6) is 2.70. The topological polar surface area (TPSA) is 66.8 Å². The van der Waals surface area contributed by atoms with Gasteiger partial charge in [0.05, 0.1) is 0 Å². The highest BCUT2D eigenvalue weighted by Crippen LogP contribution is 2.66. The van der Waals surface area contributed by atoms with Crippen LogP contribution in [0.4, 0.5) is 0 Å². The van der Waals surface area contributed by atoms with Gasteiger partial charge in [0, 0.05) is 12.5 Å². The number of hydrogen-bond acceptors (Lipinski definition) is 4. The highest BCUT2D eigenvalue weighted by molar-refractivity contribution is 5.87. The molecule has 0 amide bonds. The molecule has 0 unspecified atom stereocenters. The van der Waals surface area contributed by atoms with E-state index in [1.54, 1.807) is 12.1 Å². The monoisotopic (exact) mass is 548 g/mol. The second-order valence-corrected chi connectivity index (χ2v) is 14.0. The summed E-state index contributed by atoms with van der Waals surface area (Å²) < 4.78 is 5.89. The Morgan fingerprint density at radius 2 is 1.77 bits per heavy atom. The Hall–Kier alpha value is -2.23. The fraction of sp³-hybridized carbons (Fsp3) is 0.694. The number of allylic oxidation sites excluding steroid dienone is 1. The van der Waals surface area contributed by atoms with Crippen LogP contribution in [0.1, 0.15) is 123 Å². The minimum absolute atomic E-state index is 0.0664. The first kappa shape index (κ1) is 29.3. The van der Waals surface area contributed by atoms with Crippen LogP contribution in [0.15, 0.2) is 35.9 Å². The van der Waals surface area contributed by atoms with E-state index in [9.17, 15) is 15.0 Å². The van der Waals surface area contributed by atoms with Crippen molar-refractivity contribution in [2.45, 2.75) is 123 Å². The summed E-state index contributed by atoms with van der Waals surface area (Å²) in [4.78, 5) is 12.6. The van der Waals surface area contributed by atoms with Gasteiger partial charge in [-0.25, -0.2) is 4.79 Å². The van der Waals surface area contributed by atoms with Gasteiger partial charge < -0.3 is 14.9 Å². The van der Waals surface area contributed by atoms with Gasteiger partial charge >= 0.3 is 5.97 Å². The number of fused-ring (bicyclic) bond motifs is 5. The predicted molar refractivity (Wildman–Crippen MR) is 162 cm³/mol. The Morgan fingerprint density at radius 3 is 2.58 bits per heavy atom. The number of esters is 1. The van der Waals surface area contributed by atoms with Gasteiger partial charge in [0.15, 0.2) is 11.5 Å². The number of unbranched alkanes of at least 4 members (excludes halogenated alkanes) is 5. The fourth-order valence-corrected chi connectivity index (χ4v) is 9.49. The van der Waals surface area contributed by atoms with Crippen LogP contribution in [0.3, 0.4) is 0 Å². The molecule has 4 heteroatoms. The number of hydrogen-bond donors (Lipinski definition) is 2. The highest BCUT2D eigenvalue weighted by atomic mass is 16.5. The van der Waals surface area contributed by atoms with E-state index in [4.69, 9.17) is 4.74 Å². The van der Waals surface area contributed by atoms with Gasteiger partial charge in [-0.2, -0.15) is 0 Å². The number of phenols is 2. The van der Waals surface area contributed by atoms with Crippen LogP contribution in [0.25, 0.3) is 6.08 Å². The van der Waals surface area contributed by atoms with Crippen LogP contribution in [-0.2, 0) is 9.53 Å². The second kappa shape index (κ2) is 12.3. The fourth-order valence-electron chi connectivity index (χ4n) is 9.49. The summed E-state index contributed by atoms with van der Waals surface area (Å²) in [6.07, 6.45) is 25.2. The third kappa shape index (κ3) is 5.88. The molecule has 7 atom stereocenters. The largest absolute Gasteiger partial charge is 0.504 e. The molecular weight excluding hydrogens is 496 g/mol. The van der Waals surface area contributed by atoms with Gasteiger partial charge in [-0.3, -0.25) is 0 Å². The molecule has 0 heterocycles. The van der Waals surface area contributed by atoms with Gasteiger partial charge in [-0.1, -0.05) is 77.0 Å². The molecule has 4 nitrogen and oxygen atoms in total. The lowest BCUT2D eigenvalue weighted by Gasteiger charge is -2.58. The molecule has 1 aromatic carbocycles. The van der Waals surface area contributed by atoms with Crippen molar-refractivity contribution in [3.63, 3.8) is 0 Å². The summed E-state index contributed by atoms with van der Waals surface area (Å²) in [6.45, 7) is 7.48. The quantitative estimate of drug-likeness (QED) is 0.100. The first-order valence-corrected chi connectivity index (χ1v) is 16.3. The number of carbonyl (C=O) groups excluding carboxylic acids is 1. The Kier molecular flexibility index (Phi) is 9.02. The zero-order valence-electron chi connectivity index (χ0n) is 25.2.